The van der Waals surface area contributed by atoms with E-state index in [1.54, 1.807) is 19.1 Å². The summed E-state index contributed by atoms with van der Waals surface area (Å²) in [5.41, 5.74) is 5.95. The van der Waals surface area contributed by atoms with Gasteiger partial charge in [0.05, 0.1) is 6.04 Å². The van der Waals surface area contributed by atoms with Gasteiger partial charge in [-0.2, -0.15) is 0 Å². The Bertz CT molecular complexity index is 383. The highest BCUT2D eigenvalue weighted by atomic mass is 35.5. The Kier molecular flexibility index (Phi) is 6.15. The number of nitrogens with one attached hydrogen (secondary N) is 1. The van der Waals surface area contributed by atoms with Gasteiger partial charge in [0.15, 0.2) is 0 Å². The third-order valence-corrected chi connectivity index (χ3v) is 1.96. The molecular formula is C13H21ClN2O2. The molecule has 0 fully saturated rings. The molecule has 1 rings (SSSR count). The van der Waals surface area contributed by atoms with Crippen LogP contribution in [0.25, 0.3) is 0 Å². The number of amides is 1. The number of carbonyl (C=O) groups excluding carboxylic acids is 1. The smallest absolute Gasteiger partial charge is 0.240 e. The van der Waals surface area contributed by atoms with Gasteiger partial charge in [-0.25, -0.2) is 0 Å². The van der Waals surface area contributed by atoms with Gasteiger partial charge >= 0.3 is 0 Å². The lowest BCUT2D eigenvalue weighted by Crippen LogP contribution is -2.32. The number of anilines is 1. The molecule has 0 spiro atoms. The van der Waals surface area contributed by atoms with Crippen molar-refractivity contribution in [1.82, 2.24) is 0 Å². The molecule has 3 N–H and O–H groups in total. The molecule has 18 heavy (non-hydrogen) atoms. The molecule has 5 heteroatoms. The second kappa shape index (κ2) is 6.61. The molecule has 0 aliphatic heterocycles. The van der Waals surface area contributed by atoms with Gasteiger partial charge in [-0.05, 0) is 52.0 Å². The zero-order chi connectivity index (χ0) is 13.1. The SMILES string of the molecule is C[C@H](N)C(=O)Nc1ccc(OC(C)(C)C)cc1.Cl. The Morgan fingerprint density at radius 2 is 1.78 bits per heavy atom. The van der Waals surface area contributed by atoms with Gasteiger partial charge < -0.3 is 15.8 Å². The first-order chi connectivity index (χ1) is 7.78. The van der Waals surface area contributed by atoms with Crippen LogP contribution in [0.2, 0.25) is 0 Å². The lowest BCUT2D eigenvalue weighted by Gasteiger charge is -2.21. The monoisotopic (exact) mass is 272 g/mol. The van der Waals surface area contributed by atoms with Crippen LogP contribution < -0.4 is 15.8 Å². The minimum atomic E-state index is -0.513. The van der Waals surface area contributed by atoms with Gasteiger partial charge in [0.1, 0.15) is 11.4 Å². The summed E-state index contributed by atoms with van der Waals surface area (Å²) in [5.74, 6) is 0.575. The third kappa shape index (κ3) is 5.89. The van der Waals surface area contributed by atoms with Crippen molar-refractivity contribution in [1.29, 1.82) is 0 Å². The van der Waals surface area contributed by atoms with E-state index < -0.39 is 6.04 Å². The molecular weight excluding hydrogens is 252 g/mol. The summed E-state index contributed by atoms with van der Waals surface area (Å²) in [6.07, 6.45) is 0. The van der Waals surface area contributed by atoms with Gasteiger partial charge in [-0.15, -0.1) is 12.4 Å². The van der Waals surface area contributed by atoms with Crippen LogP contribution in [-0.4, -0.2) is 17.6 Å². The van der Waals surface area contributed by atoms with Crippen LogP contribution in [0.1, 0.15) is 27.7 Å². The number of hydrogen-bond acceptors (Lipinski definition) is 3. The molecule has 0 aliphatic carbocycles. The zero-order valence-electron chi connectivity index (χ0n) is 11.2. The van der Waals surface area contributed by atoms with E-state index in [0.717, 1.165) is 5.75 Å². The molecule has 1 amide bonds. The summed E-state index contributed by atoms with van der Waals surface area (Å²) in [6.45, 7) is 7.60. The fraction of sp³-hybridized carbons (Fsp3) is 0.462. The second-order valence-corrected chi connectivity index (χ2v) is 5.02. The van der Waals surface area contributed by atoms with E-state index >= 15 is 0 Å². The van der Waals surface area contributed by atoms with Crippen molar-refractivity contribution in [2.75, 3.05) is 5.32 Å². The van der Waals surface area contributed by atoms with E-state index in [1.807, 2.05) is 32.9 Å². The molecule has 0 aliphatic rings. The van der Waals surface area contributed by atoms with Crippen molar-refractivity contribution in [2.45, 2.75) is 39.3 Å². The highest BCUT2D eigenvalue weighted by Crippen LogP contribution is 2.20. The molecule has 102 valence electrons. The van der Waals surface area contributed by atoms with Crippen LogP contribution in [0, 0.1) is 0 Å². The Morgan fingerprint density at radius 3 is 2.17 bits per heavy atom. The van der Waals surface area contributed by atoms with Crippen molar-refractivity contribution >= 4 is 24.0 Å². The fourth-order valence-corrected chi connectivity index (χ4v) is 1.22. The van der Waals surface area contributed by atoms with Gasteiger partial charge in [0.25, 0.3) is 0 Å². The number of benzene rings is 1. The van der Waals surface area contributed by atoms with Crippen molar-refractivity contribution < 1.29 is 9.53 Å². The number of carbonyl (C=O) groups is 1. The molecule has 0 radical (unpaired) electrons. The van der Waals surface area contributed by atoms with Crippen molar-refractivity contribution in [2.24, 2.45) is 5.73 Å². The van der Waals surface area contributed by atoms with E-state index in [9.17, 15) is 4.79 Å². The molecule has 1 aromatic carbocycles. The summed E-state index contributed by atoms with van der Waals surface area (Å²) in [5, 5.41) is 2.71. The van der Waals surface area contributed by atoms with Crippen LogP contribution >= 0.6 is 12.4 Å². The van der Waals surface area contributed by atoms with Crippen LogP contribution in [0.4, 0.5) is 5.69 Å². The molecule has 4 nitrogen and oxygen atoms in total. The maximum atomic E-state index is 11.4. The second-order valence-electron chi connectivity index (χ2n) is 5.02. The summed E-state index contributed by atoms with van der Waals surface area (Å²) >= 11 is 0. The fourth-order valence-electron chi connectivity index (χ4n) is 1.22. The quantitative estimate of drug-likeness (QED) is 0.889. The molecule has 0 unspecified atom stereocenters. The lowest BCUT2D eigenvalue weighted by molar-refractivity contribution is -0.117. The van der Waals surface area contributed by atoms with E-state index in [1.165, 1.54) is 0 Å². The van der Waals surface area contributed by atoms with E-state index in [4.69, 9.17) is 10.5 Å². The number of halogens is 1. The highest BCUT2D eigenvalue weighted by molar-refractivity contribution is 5.94. The third-order valence-electron chi connectivity index (χ3n) is 1.96. The molecule has 0 saturated carbocycles. The zero-order valence-corrected chi connectivity index (χ0v) is 12.0. The van der Waals surface area contributed by atoms with E-state index in [2.05, 4.69) is 5.32 Å². The number of rotatable bonds is 3. The Labute approximate surface area is 114 Å². The van der Waals surface area contributed by atoms with Gasteiger partial charge in [-0.1, -0.05) is 0 Å². The first kappa shape index (κ1) is 16.7. The molecule has 1 atom stereocenters. The molecule has 0 heterocycles. The normalized spacial score (nSPS) is 12.3. The topological polar surface area (TPSA) is 64.4 Å². The van der Waals surface area contributed by atoms with Gasteiger partial charge in [-0.3, -0.25) is 4.79 Å². The first-order valence-corrected chi connectivity index (χ1v) is 5.63. The van der Waals surface area contributed by atoms with Crippen LogP contribution in [0.15, 0.2) is 24.3 Å². The summed E-state index contributed by atoms with van der Waals surface area (Å²) < 4.78 is 5.67. The minimum absolute atomic E-state index is 0. The molecule has 1 aromatic rings. The Morgan fingerprint density at radius 1 is 1.28 bits per heavy atom. The Hall–Kier alpha value is -1.26. The van der Waals surface area contributed by atoms with Crippen molar-refractivity contribution in [3.63, 3.8) is 0 Å². The predicted octanol–water partition coefficient (Wildman–Crippen LogP) is 2.57. The maximum absolute atomic E-state index is 11.4. The lowest BCUT2D eigenvalue weighted by atomic mass is 10.2. The van der Waals surface area contributed by atoms with Gasteiger partial charge in [0, 0.05) is 5.69 Å². The van der Waals surface area contributed by atoms with Crippen molar-refractivity contribution in [3.8, 4) is 5.75 Å². The van der Waals surface area contributed by atoms with Crippen LogP contribution in [-0.2, 0) is 4.79 Å². The first-order valence-electron chi connectivity index (χ1n) is 5.63. The van der Waals surface area contributed by atoms with E-state index in [0.29, 0.717) is 5.69 Å². The molecule has 0 aromatic heterocycles. The Balaban J connectivity index is 0.00000289. The van der Waals surface area contributed by atoms with E-state index in [-0.39, 0.29) is 23.9 Å². The maximum Gasteiger partial charge on any atom is 0.240 e. The standard InChI is InChI=1S/C13H20N2O2.ClH/c1-9(14)12(16)15-10-5-7-11(8-6-10)17-13(2,3)4;/h5-9H,14H2,1-4H3,(H,15,16);1H/t9-;/m0./s1. The summed E-state index contributed by atoms with van der Waals surface area (Å²) in [7, 11) is 0. The summed E-state index contributed by atoms with van der Waals surface area (Å²) in [6, 6.07) is 6.72. The van der Waals surface area contributed by atoms with Crippen LogP contribution in [0.5, 0.6) is 5.75 Å². The average Bonchev–Trinajstić information content (AvgIpc) is 2.18. The molecule has 0 saturated heterocycles. The highest BCUT2D eigenvalue weighted by Gasteiger charge is 2.12. The molecule has 0 bridgehead atoms. The number of ether oxygens (including phenoxy) is 1. The predicted molar refractivity (Wildman–Crippen MR) is 76.4 cm³/mol. The minimum Gasteiger partial charge on any atom is -0.488 e. The summed E-state index contributed by atoms with van der Waals surface area (Å²) in [4.78, 5) is 11.4. The number of nitrogens with two attached hydrogens (primary N) is 1. The largest absolute Gasteiger partial charge is 0.488 e. The average molecular weight is 273 g/mol. The number of hydrogen-bond donors (Lipinski definition) is 2. The van der Waals surface area contributed by atoms with Crippen LogP contribution in [0.3, 0.4) is 0 Å². The van der Waals surface area contributed by atoms with Gasteiger partial charge in [0.2, 0.25) is 5.91 Å². The van der Waals surface area contributed by atoms with Crippen molar-refractivity contribution in [3.05, 3.63) is 24.3 Å².